The van der Waals surface area contributed by atoms with Crippen LogP contribution in [-0.2, 0) is 6.54 Å². The fourth-order valence-electron chi connectivity index (χ4n) is 2.12. The number of aromatic nitrogens is 3. The number of hydrogen-bond donors (Lipinski definition) is 2. The van der Waals surface area contributed by atoms with Gasteiger partial charge in [-0.25, -0.2) is 9.78 Å². The lowest BCUT2D eigenvalue weighted by Crippen LogP contribution is -2.20. The van der Waals surface area contributed by atoms with Crippen molar-refractivity contribution in [2.75, 3.05) is 0 Å². The SMILES string of the molecule is CCCCn1c(=S)[nH]c(=O)c2c(C(=O)O)c(Cl)c(C)nc21. The highest BCUT2D eigenvalue weighted by Crippen LogP contribution is 2.25. The van der Waals surface area contributed by atoms with Crippen LogP contribution in [0.25, 0.3) is 11.0 Å². The zero-order valence-corrected chi connectivity index (χ0v) is 13.1. The van der Waals surface area contributed by atoms with Gasteiger partial charge in [0.1, 0.15) is 5.65 Å². The molecule has 0 unspecified atom stereocenters. The second-order valence-corrected chi connectivity index (χ2v) is 5.42. The Kier molecular flexibility index (Phi) is 4.43. The molecule has 0 saturated heterocycles. The molecule has 2 heterocycles. The maximum atomic E-state index is 12.1. The Morgan fingerprint density at radius 2 is 2.19 bits per heavy atom. The number of aromatic amines is 1. The van der Waals surface area contributed by atoms with Gasteiger partial charge in [0, 0.05) is 6.54 Å². The van der Waals surface area contributed by atoms with E-state index < -0.39 is 11.5 Å². The second-order valence-electron chi connectivity index (χ2n) is 4.65. The Balaban J connectivity index is 2.99. The van der Waals surface area contributed by atoms with Crippen molar-refractivity contribution < 1.29 is 9.90 Å². The maximum Gasteiger partial charge on any atom is 0.338 e. The van der Waals surface area contributed by atoms with Crippen LogP contribution < -0.4 is 5.56 Å². The van der Waals surface area contributed by atoms with E-state index in [0.29, 0.717) is 12.2 Å². The largest absolute Gasteiger partial charge is 0.478 e. The Hall–Kier alpha value is -1.73. The third-order valence-electron chi connectivity index (χ3n) is 3.18. The summed E-state index contributed by atoms with van der Waals surface area (Å²) < 4.78 is 1.87. The van der Waals surface area contributed by atoms with Crippen molar-refractivity contribution in [3.63, 3.8) is 0 Å². The molecule has 8 heteroatoms. The first-order valence-electron chi connectivity index (χ1n) is 6.44. The molecule has 0 amide bonds. The first-order chi connectivity index (χ1) is 9.88. The Labute approximate surface area is 130 Å². The van der Waals surface area contributed by atoms with Gasteiger partial charge in [-0.05, 0) is 25.6 Å². The number of rotatable bonds is 4. The van der Waals surface area contributed by atoms with Gasteiger partial charge in [0.2, 0.25) is 0 Å². The monoisotopic (exact) mass is 327 g/mol. The topological polar surface area (TPSA) is 88.0 Å². The summed E-state index contributed by atoms with van der Waals surface area (Å²) in [4.78, 5) is 30.3. The molecule has 0 radical (unpaired) electrons. The molecule has 0 aromatic carbocycles. The number of nitrogens with one attached hydrogen (secondary N) is 1. The molecule has 0 aliphatic carbocycles. The van der Waals surface area contributed by atoms with Crippen LogP contribution in [-0.4, -0.2) is 25.6 Å². The highest BCUT2D eigenvalue weighted by molar-refractivity contribution is 7.71. The van der Waals surface area contributed by atoms with Crippen molar-refractivity contribution >= 4 is 40.8 Å². The summed E-state index contributed by atoms with van der Waals surface area (Å²) in [5.41, 5.74) is -0.210. The fourth-order valence-corrected chi connectivity index (χ4v) is 2.61. The lowest BCUT2D eigenvalue weighted by atomic mass is 10.1. The number of carboxylic acids is 1. The number of carboxylic acid groups (broad SMARTS) is 1. The lowest BCUT2D eigenvalue weighted by Gasteiger charge is -2.13. The van der Waals surface area contributed by atoms with Crippen molar-refractivity contribution in [1.29, 1.82) is 0 Å². The summed E-state index contributed by atoms with van der Waals surface area (Å²) in [6, 6.07) is 0. The van der Waals surface area contributed by atoms with Crippen LogP contribution in [0.3, 0.4) is 0 Å². The number of pyridine rings is 1. The van der Waals surface area contributed by atoms with Crippen molar-refractivity contribution in [3.8, 4) is 0 Å². The van der Waals surface area contributed by atoms with Crippen LogP contribution in [0.5, 0.6) is 0 Å². The maximum absolute atomic E-state index is 12.1. The summed E-state index contributed by atoms with van der Waals surface area (Å²) >= 11 is 11.2. The summed E-state index contributed by atoms with van der Waals surface area (Å²) in [6.45, 7) is 4.17. The number of hydrogen-bond acceptors (Lipinski definition) is 4. The Morgan fingerprint density at radius 1 is 1.52 bits per heavy atom. The van der Waals surface area contributed by atoms with Gasteiger partial charge < -0.3 is 9.67 Å². The van der Waals surface area contributed by atoms with Crippen molar-refractivity contribution in [2.45, 2.75) is 33.2 Å². The molecule has 0 aliphatic rings. The number of halogens is 1. The molecule has 0 spiro atoms. The number of H-pyrrole nitrogens is 1. The zero-order valence-electron chi connectivity index (χ0n) is 11.6. The van der Waals surface area contributed by atoms with Crippen molar-refractivity contribution in [3.05, 3.63) is 31.4 Å². The molecular formula is C13H14ClN3O3S. The van der Waals surface area contributed by atoms with Crippen molar-refractivity contribution in [2.24, 2.45) is 0 Å². The molecular weight excluding hydrogens is 314 g/mol. The first-order valence-corrected chi connectivity index (χ1v) is 7.23. The third kappa shape index (κ3) is 2.71. The number of fused-ring (bicyclic) bond motifs is 1. The summed E-state index contributed by atoms with van der Waals surface area (Å²) in [6.07, 6.45) is 1.77. The Morgan fingerprint density at radius 3 is 2.76 bits per heavy atom. The van der Waals surface area contributed by atoms with Crippen molar-refractivity contribution in [1.82, 2.24) is 14.5 Å². The highest BCUT2D eigenvalue weighted by Gasteiger charge is 2.21. The van der Waals surface area contributed by atoms with E-state index in [1.165, 1.54) is 0 Å². The number of unbranched alkanes of at least 4 members (excludes halogenated alkanes) is 1. The molecule has 0 fully saturated rings. The second kappa shape index (κ2) is 5.95. The summed E-state index contributed by atoms with van der Waals surface area (Å²) in [5, 5.41) is 9.28. The summed E-state index contributed by atoms with van der Waals surface area (Å²) in [7, 11) is 0. The van der Waals surface area contributed by atoms with E-state index in [1.54, 1.807) is 11.5 Å². The lowest BCUT2D eigenvalue weighted by molar-refractivity contribution is 0.0699. The Bertz CT molecular complexity index is 841. The fraction of sp³-hybridized carbons (Fsp3) is 0.385. The number of carbonyl (C=O) groups is 1. The van der Waals surface area contributed by atoms with E-state index in [2.05, 4.69) is 9.97 Å². The van der Waals surface area contributed by atoms with E-state index >= 15 is 0 Å². The number of aromatic carboxylic acids is 1. The van der Waals surface area contributed by atoms with Crippen LogP contribution in [0.1, 0.15) is 35.8 Å². The molecule has 0 saturated carbocycles. The molecule has 2 aromatic heterocycles. The molecule has 2 N–H and O–H groups in total. The zero-order chi connectivity index (χ0) is 15.7. The quantitative estimate of drug-likeness (QED) is 0.843. The number of nitrogens with zero attached hydrogens (tertiary/aromatic N) is 2. The van der Waals surface area contributed by atoms with Gasteiger partial charge >= 0.3 is 5.97 Å². The van der Waals surface area contributed by atoms with Gasteiger partial charge in [-0.15, -0.1) is 0 Å². The molecule has 0 bridgehead atoms. The molecule has 0 atom stereocenters. The molecule has 6 nitrogen and oxygen atoms in total. The van der Waals surface area contributed by atoms with Gasteiger partial charge in [0.25, 0.3) is 5.56 Å². The summed E-state index contributed by atoms with van der Waals surface area (Å²) in [5.74, 6) is -1.26. The van der Waals surface area contributed by atoms with E-state index in [4.69, 9.17) is 23.8 Å². The predicted octanol–water partition coefficient (Wildman–Crippen LogP) is 2.91. The van der Waals surface area contributed by atoms with Crippen LogP contribution in [0.15, 0.2) is 4.79 Å². The highest BCUT2D eigenvalue weighted by atomic mass is 35.5. The van der Waals surface area contributed by atoms with Crippen LogP contribution in [0, 0.1) is 11.7 Å². The van der Waals surface area contributed by atoms with Gasteiger partial charge in [-0.1, -0.05) is 24.9 Å². The smallest absolute Gasteiger partial charge is 0.338 e. The molecule has 0 aliphatic heterocycles. The molecule has 112 valence electrons. The minimum absolute atomic E-state index is 0.0281. The molecule has 2 aromatic rings. The van der Waals surface area contributed by atoms with Crippen LogP contribution >= 0.6 is 23.8 Å². The molecule has 21 heavy (non-hydrogen) atoms. The average molecular weight is 328 g/mol. The van der Waals surface area contributed by atoms with E-state index in [0.717, 1.165) is 12.8 Å². The minimum atomic E-state index is -1.26. The van der Waals surface area contributed by atoms with E-state index in [1.807, 2.05) is 6.92 Å². The van der Waals surface area contributed by atoms with Crippen LogP contribution in [0.2, 0.25) is 5.02 Å². The normalized spacial score (nSPS) is 11.0. The van der Waals surface area contributed by atoms with Gasteiger partial charge in [-0.2, -0.15) is 0 Å². The van der Waals surface area contributed by atoms with E-state index in [9.17, 15) is 14.7 Å². The minimum Gasteiger partial charge on any atom is -0.478 e. The predicted molar refractivity (Wildman–Crippen MR) is 82.8 cm³/mol. The number of aryl methyl sites for hydroxylation is 2. The van der Waals surface area contributed by atoms with Crippen LogP contribution in [0.4, 0.5) is 0 Å². The van der Waals surface area contributed by atoms with Gasteiger partial charge in [0.05, 0.1) is 21.7 Å². The van der Waals surface area contributed by atoms with Gasteiger partial charge in [0.15, 0.2) is 4.77 Å². The standard InChI is InChI=1S/C13H14ClN3O3S/c1-3-4-5-17-10-8(11(18)16-13(17)21)7(12(19)20)9(14)6(2)15-10/h3-5H2,1-2H3,(H,19,20)(H,16,18,21). The van der Waals surface area contributed by atoms with Gasteiger partial charge in [-0.3, -0.25) is 9.78 Å². The third-order valence-corrected chi connectivity index (χ3v) is 3.97. The molecule has 2 rings (SSSR count). The first kappa shape index (κ1) is 15.7. The van der Waals surface area contributed by atoms with E-state index in [-0.39, 0.29) is 26.4 Å². The average Bonchev–Trinajstić information content (AvgIpc) is 2.40.